The summed E-state index contributed by atoms with van der Waals surface area (Å²) in [4.78, 5) is 4.35. The summed E-state index contributed by atoms with van der Waals surface area (Å²) in [6.07, 6.45) is 0.840. The second-order valence-corrected chi connectivity index (χ2v) is 8.03. The lowest BCUT2D eigenvalue weighted by Gasteiger charge is -2.28. The molecule has 0 saturated carbocycles. The summed E-state index contributed by atoms with van der Waals surface area (Å²) in [5, 5.41) is 6.82. The molecule has 0 saturated heterocycles. The number of halogens is 1. The predicted molar refractivity (Wildman–Crippen MR) is 138 cm³/mol. The van der Waals surface area contributed by atoms with Gasteiger partial charge >= 0.3 is 0 Å². The van der Waals surface area contributed by atoms with Crippen LogP contribution in [0.4, 0.5) is 0 Å². The minimum absolute atomic E-state index is 0. The fourth-order valence-electron chi connectivity index (χ4n) is 3.45. The van der Waals surface area contributed by atoms with Gasteiger partial charge in [-0.2, -0.15) is 0 Å². The molecule has 2 aromatic carbocycles. The van der Waals surface area contributed by atoms with E-state index >= 15 is 0 Å². The van der Waals surface area contributed by atoms with E-state index in [0.717, 1.165) is 54.0 Å². The highest BCUT2D eigenvalue weighted by Crippen LogP contribution is 2.35. The molecule has 2 N–H and O–H groups in total. The zero-order valence-corrected chi connectivity index (χ0v) is 21.8. The molecule has 0 aliphatic carbocycles. The zero-order valence-electron chi connectivity index (χ0n) is 19.5. The highest BCUT2D eigenvalue weighted by molar-refractivity contribution is 14.0. The molecule has 3 rings (SSSR count). The second kappa shape index (κ2) is 12.0. The van der Waals surface area contributed by atoms with Crippen molar-refractivity contribution in [3.8, 4) is 23.0 Å². The van der Waals surface area contributed by atoms with E-state index in [1.54, 1.807) is 21.3 Å². The van der Waals surface area contributed by atoms with Gasteiger partial charge in [0, 0.05) is 25.6 Å². The average Bonchev–Trinajstić information content (AvgIpc) is 2.80. The minimum Gasteiger partial charge on any atom is -0.493 e. The number of nitrogens with zero attached hydrogens (tertiary/aromatic N) is 1. The van der Waals surface area contributed by atoms with Crippen LogP contribution in [0.25, 0.3) is 0 Å². The van der Waals surface area contributed by atoms with Gasteiger partial charge in [-0.25, -0.2) is 0 Å². The fraction of sp³-hybridized carbons (Fsp3) is 0.458. The van der Waals surface area contributed by atoms with Crippen molar-refractivity contribution >= 4 is 29.9 Å². The van der Waals surface area contributed by atoms with E-state index in [0.29, 0.717) is 13.2 Å². The Morgan fingerprint density at radius 1 is 0.969 bits per heavy atom. The van der Waals surface area contributed by atoms with E-state index in [-0.39, 0.29) is 29.4 Å². The molecule has 176 valence electrons. The van der Waals surface area contributed by atoms with Crippen LogP contribution in [0.15, 0.2) is 41.4 Å². The monoisotopic (exact) mass is 555 g/mol. The third kappa shape index (κ3) is 6.57. The Kier molecular flexibility index (Phi) is 9.74. The highest BCUT2D eigenvalue weighted by atomic mass is 127. The van der Waals surface area contributed by atoms with Crippen molar-refractivity contribution in [3.63, 3.8) is 0 Å². The lowest BCUT2D eigenvalue weighted by atomic mass is 9.84. The summed E-state index contributed by atoms with van der Waals surface area (Å²) >= 11 is 0. The van der Waals surface area contributed by atoms with Gasteiger partial charge in [0.15, 0.2) is 29.0 Å². The molecule has 0 amide bonds. The van der Waals surface area contributed by atoms with Gasteiger partial charge in [-0.1, -0.05) is 26.0 Å². The molecule has 0 fully saturated rings. The van der Waals surface area contributed by atoms with Crippen LogP contribution in [0.5, 0.6) is 23.0 Å². The van der Waals surface area contributed by atoms with Crippen molar-refractivity contribution in [1.29, 1.82) is 0 Å². The number of aliphatic imine (C=N–C) groups is 1. The third-order valence-electron chi connectivity index (χ3n) is 5.40. The van der Waals surface area contributed by atoms with Crippen molar-refractivity contribution in [1.82, 2.24) is 10.6 Å². The summed E-state index contributed by atoms with van der Waals surface area (Å²) < 4.78 is 22.0. The Labute approximate surface area is 207 Å². The topological polar surface area (TPSA) is 73.3 Å². The molecular weight excluding hydrogens is 521 g/mol. The molecule has 7 nitrogen and oxygen atoms in total. The normalized spacial score (nSPS) is 13.1. The quantitative estimate of drug-likeness (QED) is 0.294. The van der Waals surface area contributed by atoms with E-state index in [9.17, 15) is 0 Å². The molecule has 0 spiro atoms. The summed E-state index contributed by atoms with van der Waals surface area (Å²) in [6, 6.07) is 12.1. The van der Waals surface area contributed by atoms with E-state index in [4.69, 9.17) is 18.9 Å². The Bertz CT molecular complexity index is 918. The molecule has 1 aliphatic heterocycles. The van der Waals surface area contributed by atoms with Gasteiger partial charge in [-0.15, -0.1) is 24.0 Å². The van der Waals surface area contributed by atoms with Crippen molar-refractivity contribution in [2.45, 2.75) is 25.7 Å². The molecule has 1 aliphatic rings. The van der Waals surface area contributed by atoms with Crippen LogP contribution >= 0.6 is 24.0 Å². The van der Waals surface area contributed by atoms with Crippen LogP contribution in [-0.4, -0.2) is 53.5 Å². The molecule has 8 heteroatoms. The SMILES string of the molecule is CN=C(NCCc1ccc(OC)c(OC)c1)NCC(C)(C)c1ccc2c(c1)OCCO2.I. The molecule has 32 heavy (non-hydrogen) atoms. The number of guanidine groups is 1. The summed E-state index contributed by atoms with van der Waals surface area (Å²) in [5.41, 5.74) is 2.24. The molecule has 0 atom stereocenters. The van der Waals surface area contributed by atoms with Gasteiger partial charge in [0.25, 0.3) is 0 Å². The highest BCUT2D eigenvalue weighted by Gasteiger charge is 2.23. The lowest BCUT2D eigenvalue weighted by Crippen LogP contribution is -2.44. The first-order valence-electron chi connectivity index (χ1n) is 10.5. The minimum atomic E-state index is -0.114. The standard InChI is InChI=1S/C24H33N3O4.HI/c1-24(2,18-7-9-20-22(15-18)31-13-12-30-20)16-27-23(25-3)26-11-10-17-6-8-19(28-4)21(14-17)29-5;/h6-9,14-15H,10-13,16H2,1-5H3,(H2,25,26,27);1H. The molecule has 1 heterocycles. The summed E-state index contributed by atoms with van der Waals surface area (Å²) in [6.45, 7) is 7.06. The Hall–Kier alpha value is -2.36. The average molecular weight is 555 g/mol. The largest absolute Gasteiger partial charge is 0.493 e. The van der Waals surface area contributed by atoms with Crippen molar-refractivity contribution in [3.05, 3.63) is 47.5 Å². The number of nitrogens with one attached hydrogen (secondary N) is 2. The Balaban J connectivity index is 0.00000363. The molecular formula is C24H34IN3O4. The van der Waals surface area contributed by atoms with Gasteiger partial charge in [0.1, 0.15) is 13.2 Å². The number of ether oxygens (including phenoxy) is 4. The van der Waals surface area contributed by atoms with Crippen LogP contribution in [0.3, 0.4) is 0 Å². The van der Waals surface area contributed by atoms with Gasteiger partial charge in [0.2, 0.25) is 0 Å². The molecule has 0 bridgehead atoms. The lowest BCUT2D eigenvalue weighted by molar-refractivity contribution is 0.171. The van der Waals surface area contributed by atoms with E-state index in [1.807, 2.05) is 24.3 Å². The molecule has 0 radical (unpaired) electrons. The Morgan fingerprint density at radius 2 is 1.69 bits per heavy atom. The number of rotatable bonds is 8. The maximum Gasteiger partial charge on any atom is 0.191 e. The molecule has 0 aromatic heterocycles. The van der Waals surface area contributed by atoms with Crippen LogP contribution in [0.1, 0.15) is 25.0 Å². The van der Waals surface area contributed by atoms with Crippen molar-refractivity contribution in [2.24, 2.45) is 4.99 Å². The van der Waals surface area contributed by atoms with Crippen molar-refractivity contribution < 1.29 is 18.9 Å². The predicted octanol–water partition coefficient (Wildman–Crippen LogP) is 3.78. The number of fused-ring (bicyclic) bond motifs is 1. The van der Waals surface area contributed by atoms with Gasteiger partial charge in [-0.05, 0) is 41.8 Å². The summed E-state index contributed by atoms with van der Waals surface area (Å²) in [7, 11) is 5.07. The maximum atomic E-state index is 5.73. The van der Waals surface area contributed by atoms with E-state index < -0.39 is 0 Å². The first kappa shape index (κ1) is 25.9. The number of benzene rings is 2. The number of hydrogen-bond donors (Lipinski definition) is 2. The zero-order chi connectivity index (χ0) is 22.3. The number of hydrogen-bond acceptors (Lipinski definition) is 5. The van der Waals surface area contributed by atoms with E-state index in [1.165, 1.54) is 5.56 Å². The number of methoxy groups -OCH3 is 2. The van der Waals surface area contributed by atoms with Gasteiger partial charge < -0.3 is 29.6 Å². The second-order valence-electron chi connectivity index (χ2n) is 8.03. The van der Waals surface area contributed by atoms with E-state index in [2.05, 4.69) is 41.6 Å². The van der Waals surface area contributed by atoms with Gasteiger partial charge in [0.05, 0.1) is 14.2 Å². The van der Waals surface area contributed by atoms with Crippen LogP contribution in [-0.2, 0) is 11.8 Å². The fourth-order valence-corrected chi connectivity index (χ4v) is 3.45. The molecule has 0 unspecified atom stereocenters. The Morgan fingerprint density at radius 3 is 2.38 bits per heavy atom. The van der Waals surface area contributed by atoms with Crippen LogP contribution in [0.2, 0.25) is 0 Å². The smallest absolute Gasteiger partial charge is 0.191 e. The van der Waals surface area contributed by atoms with Crippen molar-refractivity contribution in [2.75, 3.05) is 47.6 Å². The first-order valence-corrected chi connectivity index (χ1v) is 10.5. The van der Waals surface area contributed by atoms with Crippen LogP contribution in [0, 0.1) is 0 Å². The molecule has 2 aromatic rings. The first-order chi connectivity index (χ1) is 15.0. The van der Waals surface area contributed by atoms with Crippen LogP contribution < -0.4 is 29.6 Å². The summed E-state index contributed by atoms with van der Waals surface area (Å²) in [5.74, 6) is 3.87. The third-order valence-corrected chi connectivity index (χ3v) is 5.40. The van der Waals surface area contributed by atoms with Gasteiger partial charge in [-0.3, -0.25) is 4.99 Å². The maximum absolute atomic E-state index is 5.73.